The van der Waals surface area contributed by atoms with Crippen LogP contribution in [0.25, 0.3) is 0 Å². The number of fused-ring (bicyclic) bond motifs is 1. The van der Waals surface area contributed by atoms with Crippen LogP contribution in [0.5, 0.6) is 0 Å². The summed E-state index contributed by atoms with van der Waals surface area (Å²) in [7, 11) is 0. The summed E-state index contributed by atoms with van der Waals surface area (Å²) in [6.45, 7) is 7.96. The third-order valence-corrected chi connectivity index (χ3v) is 3.80. The van der Waals surface area contributed by atoms with Gasteiger partial charge in [-0.05, 0) is 35.6 Å². The van der Waals surface area contributed by atoms with E-state index in [0.717, 1.165) is 13.0 Å². The second-order valence-corrected chi connectivity index (χ2v) is 6.17. The Hall–Kier alpha value is -0.340. The number of rotatable bonds is 0. The summed E-state index contributed by atoms with van der Waals surface area (Å²) in [5, 5.41) is 3.62. The minimum atomic E-state index is 0.274. The van der Waals surface area contributed by atoms with Crippen molar-refractivity contribution in [2.75, 3.05) is 6.54 Å². The molecule has 0 aliphatic carbocycles. The van der Waals surface area contributed by atoms with Crippen molar-refractivity contribution in [3.05, 3.63) is 33.8 Å². The van der Waals surface area contributed by atoms with Crippen molar-refractivity contribution in [3.8, 4) is 0 Å². The standard InChI is InChI=1S/C13H18BrN/c1-13(2,3)12-10-5-4-6-11(14)9(10)7-8-15-12/h4-6,12,15H,7-8H2,1-3H3. The number of halogens is 1. The van der Waals surface area contributed by atoms with E-state index >= 15 is 0 Å². The van der Waals surface area contributed by atoms with Gasteiger partial charge in [-0.15, -0.1) is 0 Å². The fraction of sp³-hybridized carbons (Fsp3) is 0.538. The molecule has 2 rings (SSSR count). The van der Waals surface area contributed by atoms with Crippen molar-refractivity contribution in [2.45, 2.75) is 33.2 Å². The molecule has 1 nitrogen and oxygen atoms in total. The lowest BCUT2D eigenvalue weighted by molar-refractivity contribution is 0.263. The fourth-order valence-electron chi connectivity index (χ4n) is 2.33. The van der Waals surface area contributed by atoms with Gasteiger partial charge in [-0.2, -0.15) is 0 Å². The molecular weight excluding hydrogens is 250 g/mol. The first-order chi connectivity index (χ1) is 7.00. The number of benzene rings is 1. The van der Waals surface area contributed by atoms with Crippen molar-refractivity contribution in [1.29, 1.82) is 0 Å². The van der Waals surface area contributed by atoms with Crippen LogP contribution in [0.15, 0.2) is 22.7 Å². The molecule has 15 heavy (non-hydrogen) atoms. The quantitative estimate of drug-likeness (QED) is 0.756. The van der Waals surface area contributed by atoms with Crippen LogP contribution < -0.4 is 5.32 Å². The van der Waals surface area contributed by atoms with E-state index < -0.39 is 0 Å². The van der Waals surface area contributed by atoms with E-state index in [1.54, 1.807) is 0 Å². The molecule has 0 bridgehead atoms. The van der Waals surface area contributed by atoms with Crippen molar-refractivity contribution in [3.63, 3.8) is 0 Å². The highest BCUT2D eigenvalue weighted by atomic mass is 79.9. The highest BCUT2D eigenvalue weighted by Gasteiger charge is 2.30. The number of nitrogens with one attached hydrogen (secondary N) is 1. The van der Waals surface area contributed by atoms with Gasteiger partial charge >= 0.3 is 0 Å². The van der Waals surface area contributed by atoms with Gasteiger partial charge in [0.1, 0.15) is 0 Å². The summed E-state index contributed by atoms with van der Waals surface area (Å²) in [6.07, 6.45) is 1.13. The lowest BCUT2D eigenvalue weighted by Crippen LogP contribution is -2.37. The van der Waals surface area contributed by atoms with Gasteiger partial charge < -0.3 is 5.32 Å². The average Bonchev–Trinajstić information content (AvgIpc) is 2.16. The maximum absolute atomic E-state index is 3.65. The molecule has 2 heteroatoms. The number of hydrogen-bond donors (Lipinski definition) is 1. The summed E-state index contributed by atoms with van der Waals surface area (Å²) in [5.74, 6) is 0. The molecule has 1 aromatic rings. The van der Waals surface area contributed by atoms with E-state index in [4.69, 9.17) is 0 Å². The molecule has 1 aromatic carbocycles. The van der Waals surface area contributed by atoms with Gasteiger partial charge in [0, 0.05) is 10.5 Å². The Morgan fingerprint density at radius 1 is 1.33 bits per heavy atom. The third kappa shape index (κ3) is 2.11. The van der Waals surface area contributed by atoms with E-state index in [1.165, 1.54) is 15.6 Å². The molecule has 0 fully saturated rings. The van der Waals surface area contributed by atoms with E-state index in [2.05, 4.69) is 60.2 Å². The lowest BCUT2D eigenvalue weighted by atomic mass is 9.78. The summed E-state index contributed by atoms with van der Waals surface area (Å²) in [5.41, 5.74) is 3.22. The molecule has 0 spiro atoms. The summed E-state index contributed by atoms with van der Waals surface area (Å²) in [4.78, 5) is 0. The SMILES string of the molecule is CC(C)(C)C1NCCc2c(Br)cccc21. The van der Waals surface area contributed by atoms with Gasteiger partial charge in [0.25, 0.3) is 0 Å². The lowest BCUT2D eigenvalue weighted by Gasteiger charge is -2.37. The molecule has 0 aromatic heterocycles. The molecule has 1 heterocycles. The first kappa shape index (κ1) is 11.2. The molecular formula is C13H18BrN. The molecule has 82 valence electrons. The van der Waals surface area contributed by atoms with Gasteiger partial charge in [0.05, 0.1) is 0 Å². The topological polar surface area (TPSA) is 12.0 Å². The predicted molar refractivity (Wildman–Crippen MR) is 68.0 cm³/mol. The first-order valence-corrected chi connectivity index (χ1v) is 6.30. The average molecular weight is 268 g/mol. The van der Waals surface area contributed by atoms with Crippen LogP contribution in [0.3, 0.4) is 0 Å². The summed E-state index contributed by atoms with van der Waals surface area (Å²) >= 11 is 3.65. The zero-order valence-electron chi connectivity index (χ0n) is 9.60. The molecule has 0 saturated carbocycles. The minimum Gasteiger partial charge on any atom is -0.309 e. The maximum Gasteiger partial charge on any atom is 0.0372 e. The first-order valence-electron chi connectivity index (χ1n) is 5.51. The Morgan fingerprint density at radius 3 is 2.73 bits per heavy atom. The van der Waals surface area contributed by atoms with Crippen LogP contribution in [0.1, 0.15) is 37.9 Å². The Kier molecular flexibility index (Phi) is 2.91. The van der Waals surface area contributed by atoms with Crippen LogP contribution in [0, 0.1) is 5.41 Å². The van der Waals surface area contributed by atoms with E-state index in [-0.39, 0.29) is 5.41 Å². The molecule has 1 aliphatic heterocycles. The van der Waals surface area contributed by atoms with Gasteiger partial charge in [-0.3, -0.25) is 0 Å². The Balaban J connectivity index is 2.48. The van der Waals surface area contributed by atoms with Crippen LogP contribution in [-0.2, 0) is 6.42 Å². The Morgan fingerprint density at radius 2 is 2.07 bits per heavy atom. The molecule has 1 N–H and O–H groups in total. The van der Waals surface area contributed by atoms with Crippen molar-refractivity contribution < 1.29 is 0 Å². The van der Waals surface area contributed by atoms with Crippen LogP contribution in [0.4, 0.5) is 0 Å². The van der Waals surface area contributed by atoms with Gasteiger partial charge in [-0.25, -0.2) is 0 Å². The van der Waals surface area contributed by atoms with Gasteiger partial charge in [-0.1, -0.05) is 48.8 Å². The molecule has 0 amide bonds. The third-order valence-electron chi connectivity index (χ3n) is 3.06. The zero-order chi connectivity index (χ0) is 11.1. The van der Waals surface area contributed by atoms with Gasteiger partial charge in [0.2, 0.25) is 0 Å². The second kappa shape index (κ2) is 3.91. The highest BCUT2D eigenvalue weighted by Crippen LogP contribution is 2.38. The predicted octanol–water partition coefficient (Wildman–Crippen LogP) is 3.68. The Labute approximate surface area is 100 Å². The second-order valence-electron chi connectivity index (χ2n) is 5.31. The molecule has 1 aliphatic rings. The van der Waals surface area contributed by atoms with E-state index in [9.17, 15) is 0 Å². The fourth-order valence-corrected chi connectivity index (χ4v) is 2.91. The van der Waals surface area contributed by atoms with Crippen LogP contribution in [0.2, 0.25) is 0 Å². The summed E-state index contributed by atoms with van der Waals surface area (Å²) < 4.78 is 1.26. The largest absolute Gasteiger partial charge is 0.309 e. The molecule has 0 saturated heterocycles. The van der Waals surface area contributed by atoms with E-state index in [1.807, 2.05) is 0 Å². The van der Waals surface area contributed by atoms with Crippen LogP contribution >= 0.6 is 15.9 Å². The van der Waals surface area contributed by atoms with Crippen molar-refractivity contribution in [2.24, 2.45) is 5.41 Å². The summed E-state index contributed by atoms with van der Waals surface area (Å²) in [6, 6.07) is 7.00. The molecule has 1 atom stereocenters. The molecule has 1 unspecified atom stereocenters. The molecule has 0 radical (unpaired) electrons. The van der Waals surface area contributed by atoms with Crippen molar-refractivity contribution >= 4 is 15.9 Å². The smallest absolute Gasteiger partial charge is 0.0372 e. The maximum atomic E-state index is 3.65. The Bertz CT molecular complexity index is 365. The number of hydrogen-bond acceptors (Lipinski definition) is 1. The van der Waals surface area contributed by atoms with Gasteiger partial charge in [0.15, 0.2) is 0 Å². The van der Waals surface area contributed by atoms with Crippen molar-refractivity contribution in [1.82, 2.24) is 5.32 Å². The zero-order valence-corrected chi connectivity index (χ0v) is 11.2. The van der Waals surface area contributed by atoms with E-state index in [0.29, 0.717) is 6.04 Å². The monoisotopic (exact) mass is 267 g/mol. The highest BCUT2D eigenvalue weighted by molar-refractivity contribution is 9.10. The van der Waals surface area contributed by atoms with Crippen LogP contribution in [-0.4, -0.2) is 6.54 Å². The normalized spacial score (nSPS) is 21.2. The minimum absolute atomic E-state index is 0.274.